The van der Waals surface area contributed by atoms with Crippen LogP contribution in [0.25, 0.3) is 11.5 Å². The van der Waals surface area contributed by atoms with Crippen molar-refractivity contribution < 1.29 is 14.4 Å². The maximum atomic E-state index is 10.6. The van der Waals surface area contributed by atoms with Crippen LogP contribution in [-0.4, -0.2) is 21.2 Å². The monoisotopic (exact) mass is 238 g/mol. The molecule has 82 valence electrons. The molecule has 0 aliphatic rings. The molecule has 2 aromatic rings. The Kier molecular flexibility index (Phi) is 2.62. The van der Waals surface area contributed by atoms with E-state index in [-0.39, 0.29) is 11.7 Å². The Morgan fingerprint density at radius 3 is 2.81 bits per heavy atom. The van der Waals surface area contributed by atoms with E-state index in [9.17, 15) is 4.79 Å². The van der Waals surface area contributed by atoms with Crippen LogP contribution >= 0.6 is 11.6 Å². The first-order chi connectivity index (χ1) is 7.58. The summed E-state index contributed by atoms with van der Waals surface area (Å²) in [5.41, 5.74) is 1.51. The van der Waals surface area contributed by atoms with Crippen molar-refractivity contribution in [1.82, 2.24) is 10.1 Å². The van der Waals surface area contributed by atoms with Gasteiger partial charge in [0.05, 0.1) is 0 Å². The zero-order valence-electron chi connectivity index (χ0n) is 8.27. The van der Waals surface area contributed by atoms with Crippen molar-refractivity contribution in [2.45, 2.75) is 6.92 Å². The third-order valence-electron chi connectivity index (χ3n) is 2.04. The summed E-state index contributed by atoms with van der Waals surface area (Å²) in [5.74, 6) is -1.41. The quantitative estimate of drug-likeness (QED) is 0.869. The second-order valence-corrected chi connectivity index (χ2v) is 3.62. The number of halogens is 1. The number of benzene rings is 1. The smallest absolute Gasteiger partial charge is 0.377 e. The molecular formula is C10H7ClN2O3. The molecular weight excluding hydrogens is 232 g/mol. The van der Waals surface area contributed by atoms with Gasteiger partial charge in [-0.2, -0.15) is 4.98 Å². The van der Waals surface area contributed by atoms with E-state index in [2.05, 4.69) is 10.1 Å². The summed E-state index contributed by atoms with van der Waals surface area (Å²) in [6.07, 6.45) is 0. The van der Waals surface area contributed by atoms with Crippen molar-refractivity contribution >= 4 is 17.6 Å². The van der Waals surface area contributed by atoms with E-state index in [1.807, 2.05) is 6.92 Å². The number of nitrogens with zero attached hydrogens (tertiary/aromatic N) is 2. The summed E-state index contributed by atoms with van der Waals surface area (Å²) in [6, 6.07) is 5.12. The number of carboxylic acids is 1. The number of carbonyl (C=O) groups is 1. The van der Waals surface area contributed by atoms with Crippen LogP contribution in [0.15, 0.2) is 22.7 Å². The Labute approximate surface area is 95.7 Å². The van der Waals surface area contributed by atoms with Gasteiger partial charge in [0.25, 0.3) is 11.7 Å². The Morgan fingerprint density at radius 2 is 2.25 bits per heavy atom. The van der Waals surface area contributed by atoms with Crippen molar-refractivity contribution in [3.63, 3.8) is 0 Å². The van der Waals surface area contributed by atoms with Crippen molar-refractivity contribution in [3.8, 4) is 11.5 Å². The molecule has 0 unspecified atom stereocenters. The third-order valence-corrected chi connectivity index (χ3v) is 2.27. The first kappa shape index (κ1) is 10.6. The van der Waals surface area contributed by atoms with Gasteiger partial charge < -0.3 is 9.63 Å². The topological polar surface area (TPSA) is 76.2 Å². The second kappa shape index (κ2) is 3.94. The summed E-state index contributed by atoms with van der Waals surface area (Å²) in [4.78, 5) is 14.3. The van der Waals surface area contributed by atoms with E-state index in [0.29, 0.717) is 10.6 Å². The maximum absolute atomic E-state index is 10.6. The molecule has 0 atom stereocenters. The normalized spacial score (nSPS) is 10.4. The van der Waals surface area contributed by atoms with Crippen molar-refractivity contribution in [2.24, 2.45) is 0 Å². The Morgan fingerprint density at radius 1 is 1.50 bits per heavy atom. The largest absolute Gasteiger partial charge is 0.475 e. The minimum Gasteiger partial charge on any atom is -0.475 e. The predicted octanol–water partition coefficient (Wildman–Crippen LogP) is 2.40. The van der Waals surface area contributed by atoms with Gasteiger partial charge in [0.2, 0.25) is 0 Å². The summed E-state index contributed by atoms with van der Waals surface area (Å²) in [5, 5.41) is 12.6. The minimum absolute atomic E-state index is 0.173. The summed E-state index contributed by atoms with van der Waals surface area (Å²) in [6.45, 7) is 1.83. The zero-order valence-corrected chi connectivity index (χ0v) is 9.02. The van der Waals surface area contributed by atoms with E-state index in [1.165, 1.54) is 0 Å². The molecule has 1 aromatic heterocycles. The first-order valence-electron chi connectivity index (χ1n) is 4.41. The van der Waals surface area contributed by atoms with Crippen LogP contribution in [0.3, 0.4) is 0 Å². The molecule has 0 saturated heterocycles. The Hall–Kier alpha value is -1.88. The molecule has 0 radical (unpaired) electrons. The summed E-state index contributed by atoms with van der Waals surface area (Å²) < 4.78 is 4.85. The lowest BCUT2D eigenvalue weighted by Gasteiger charge is -1.99. The molecule has 2 rings (SSSR count). The number of hydrogen-bond donors (Lipinski definition) is 1. The second-order valence-electron chi connectivity index (χ2n) is 3.19. The van der Waals surface area contributed by atoms with E-state index >= 15 is 0 Å². The van der Waals surface area contributed by atoms with Crippen molar-refractivity contribution in [2.75, 3.05) is 0 Å². The highest BCUT2D eigenvalue weighted by Crippen LogP contribution is 2.24. The Bertz CT molecular complexity index is 551. The predicted molar refractivity (Wildman–Crippen MR) is 56.4 cm³/mol. The molecule has 0 amide bonds. The lowest BCUT2D eigenvalue weighted by atomic mass is 10.1. The Balaban J connectivity index is 2.46. The standard InChI is InChI=1S/C10H7ClN2O3/c1-5-4-6(11)2-3-7(5)9-12-8(10(14)15)13-16-9/h2-4H,1H3,(H,14,15). The molecule has 1 aromatic carbocycles. The van der Waals surface area contributed by atoms with E-state index in [1.54, 1.807) is 18.2 Å². The fraction of sp³-hybridized carbons (Fsp3) is 0.100. The molecule has 16 heavy (non-hydrogen) atoms. The lowest BCUT2D eigenvalue weighted by molar-refractivity contribution is 0.0680. The first-order valence-corrected chi connectivity index (χ1v) is 4.79. The van der Waals surface area contributed by atoms with Gasteiger partial charge in [-0.3, -0.25) is 0 Å². The van der Waals surface area contributed by atoms with Gasteiger partial charge in [-0.05, 0) is 35.8 Å². The average molecular weight is 239 g/mol. The molecule has 1 heterocycles. The number of aromatic carboxylic acids is 1. The molecule has 0 aliphatic carbocycles. The van der Waals surface area contributed by atoms with Gasteiger partial charge in [0, 0.05) is 10.6 Å². The van der Waals surface area contributed by atoms with E-state index < -0.39 is 5.97 Å². The summed E-state index contributed by atoms with van der Waals surface area (Å²) in [7, 11) is 0. The lowest BCUT2D eigenvalue weighted by Crippen LogP contribution is -1.98. The molecule has 0 saturated carbocycles. The summed E-state index contributed by atoms with van der Waals surface area (Å²) >= 11 is 5.80. The van der Waals surface area contributed by atoms with Crippen LogP contribution < -0.4 is 0 Å². The minimum atomic E-state index is -1.22. The van der Waals surface area contributed by atoms with Crippen LogP contribution in [0.2, 0.25) is 5.02 Å². The molecule has 0 fully saturated rings. The highest BCUT2D eigenvalue weighted by Gasteiger charge is 2.15. The number of aromatic nitrogens is 2. The van der Waals surface area contributed by atoms with Crippen molar-refractivity contribution in [3.05, 3.63) is 34.6 Å². The van der Waals surface area contributed by atoms with E-state index in [4.69, 9.17) is 21.2 Å². The van der Waals surface area contributed by atoms with Crippen LogP contribution in [0.1, 0.15) is 16.2 Å². The maximum Gasteiger partial charge on any atom is 0.377 e. The van der Waals surface area contributed by atoms with Crippen LogP contribution in [0, 0.1) is 6.92 Å². The van der Waals surface area contributed by atoms with Crippen molar-refractivity contribution in [1.29, 1.82) is 0 Å². The fourth-order valence-electron chi connectivity index (χ4n) is 1.29. The fourth-order valence-corrected chi connectivity index (χ4v) is 1.51. The highest BCUT2D eigenvalue weighted by atomic mass is 35.5. The molecule has 0 aliphatic heterocycles. The van der Waals surface area contributed by atoms with Gasteiger partial charge in [0.15, 0.2) is 0 Å². The van der Waals surface area contributed by atoms with Crippen LogP contribution in [-0.2, 0) is 0 Å². The van der Waals surface area contributed by atoms with Gasteiger partial charge in [0.1, 0.15) is 0 Å². The van der Waals surface area contributed by atoms with Gasteiger partial charge >= 0.3 is 5.97 Å². The average Bonchev–Trinajstić information content (AvgIpc) is 2.66. The third kappa shape index (κ3) is 1.90. The molecule has 1 N–H and O–H groups in total. The van der Waals surface area contributed by atoms with Gasteiger partial charge in [-0.1, -0.05) is 11.6 Å². The molecule has 0 spiro atoms. The van der Waals surface area contributed by atoms with Crippen LogP contribution in [0.5, 0.6) is 0 Å². The number of carboxylic acid groups (broad SMARTS) is 1. The van der Waals surface area contributed by atoms with Gasteiger partial charge in [-0.25, -0.2) is 4.79 Å². The van der Waals surface area contributed by atoms with Gasteiger partial charge in [-0.15, -0.1) is 0 Å². The number of hydrogen-bond acceptors (Lipinski definition) is 4. The number of aryl methyl sites for hydroxylation is 1. The SMILES string of the molecule is Cc1cc(Cl)ccc1-c1nc(C(=O)O)no1. The zero-order chi connectivity index (χ0) is 11.7. The highest BCUT2D eigenvalue weighted by molar-refractivity contribution is 6.30. The molecule has 6 heteroatoms. The molecule has 0 bridgehead atoms. The van der Waals surface area contributed by atoms with Crippen LogP contribution in [0.4, 0.5) is 0 Å². The van der Waals surface area contributed by atoms with E-state index in [0.717, 1.165) is 5.56 Å². The number of rotatable bonds is 2. The molecule has 5 nitrogen and oxygen atoms in total.